The number of fused-ring (bicyclic) bond motifs is 2. The molecule has 2 aromatic rings. The third-order valence-electron chi connectivity index (χ3n) is 10.1. The van der Waals surface area contributed by atoms with Crippen LogP contribution in [0.5, 0.6) is 0 Å². The highest BCUT2D eigenvalue weighted by atomic mass is 19.4. The van der Waals surface area contributed by atoms with Crippen LogP contribution in [0.3, 0.4) is 0 Å². The number of aliphatic carboxylic acids is 3. The van der Waals surface area contributed by atoms with E-state index in [0.717, 1.165) is 38.8 Å². The average Bonchev–Trinajstić information content (AvgIpc) is 3.41. The third-order valence-corrected chi connectivity index (χ3v) is 10.1. The molecule has 0 radical (unpaired) electrons. The number of carbonyl (C=O) groups excluding carboxylic acids is 5. The van der Waals surface area contributed by atoms with E-state index in [-0.39, 0.29) is 30.2 Å². The quantitative estimate of drug-likeness (QED) is 0.0441. The normalized spacial score (nSPS) is 14.4. The zero-order chi connectivity index (χ0) is 55.7. The van der Waals surface area contributed by atoms with E-state index in [1.807, 2.05) is 24.3 Å². The van der Waals surface area contributed by atoms with Crippen LogP contribution in [-0.4, -0.2) is 144 Å². The first-order valence-corrected chi connectivity index (χ1v) is 22.0. The van der Waals surface area contributed by atoms with Crippen molar-refractivity contribution in [3.63, 3.8) is 0 Å². The number of anilines is 3. The number of amides is 5. The molecule has 0 saturated carbocycles. The summed E-state index contributed by atoms with van der Waals surface area (Å²) in [6.45, 7) is 4.47. The largest absolute Gasteiger partial charge is 0.490 e. The maximum atomic E-state index is 13.8. The lowest BCUT2D eigenvalue weighted by Gasteiger charge is -2.33. The van der Waals surface area contributed by atoms with Gasteiger partial charge >= 0.3 is 36.4 Å². The number of carboxylic acids is 3. The van der Waals surface area contributed by atoms with E-state index < -0.39 is 60.3 Å². The van der Waals surface area contributed by atoms with E-state index in [1.165, 1.54) is 6.92 Å². The lowest BCUT2D eigenvalue weighted by Crippen LogP contribution is -2.53. The van der Waals surface area contributed by atoms with E-state index in [4.69, 9.17) is 46.9 Å². The third kappa shape index (κ3) is 24.7. The van der Waals surface area contributed by atoms with Crippen molar-refractivity contribution in [1.29, 1.82) is 0 Å². The number of nitrogens with one attached hydrogen (secondary N) is 4. The molecule has 30 heteroatoms. The number of hydrogen-bond donors (Lipinski definition) is 10. The fraction of sp³-hybridized carbons (Fsp3) is 0.512. The minimum atomic E-state index is -5.08. The maximum Gasteiger partial charge on any atom is 0.490 e. The summed E-state index contributed by atoms with van der Waals surface area (Å²) in [6.07, 6.45) is -8.87. The Kier molecular flexibility index (Phi) is 26.9. The SMILES string of the molecule is CC(=O)NC(=O)[C@H](CCCCN)NC(=O)[C@H](CCCN=C(N)N)NCCCC1CCN(CC(=O)N2c3ccccc3NC(=O)c3ccccc32)CC1.O=C(O)C(F)(F)F.O=C(O)C(F)(F)F.O=C(O)C(F)(F)F. The number of aliphatic imine (C=N–C) groups is 1. The van der Waals surface area contributed by atoms with Gasteiger partial charge in [0.2, 0.25) is 23.6 Å². The van der Waals surface area contributed by atoms with Gasteiger partial charge in [-0.05, 0) is 114 Å². The number of unbranched alkanes of at least 4 members (excludes halogenated alkanes) is 1. The van der Waals surface area contributed by atoms with Gasteiger partial charge in [-0.15, -0.1) is 0 Å². The number of nitrogens with zero attached hydrogens (tertiary/aromatic N) is 3. The minimum absolute atomic E-state index is 0.0170. The van der Waals surface area contributed by atoms with Crippen LogP contribution in [0.25, 0.3) is 0 Å². The van der Waals surface area contributed by atoms with Crippen molar-refractivity contribution >= 4 is 70.5 Å². The lowest BCUT2D eigenvalue weighted by molar-refractivity contribution is -0.193. The monoisotopic (exact) mass is 1060 g/mol. The van der Waals surface area contributed by atoms with E-state index in [0.29, 0.717) is 80.3 Å². The Morgan fingerprint density at radius 1 is 0.740 bits per heavy atom. The van der Waals surface area contributed by atoms with Gasteiger partial charge in [0.15, 0.2) is 5.96 Å². The van der Waals surface area contributed by atoms with Gasteiger partial charge in [-0.25, -0.2) is 14.4 Å². The van der Waals surface area contributed by atoms with Gasteiger partial charge in [0.25, 0.3) is 5.91 Å². The fourth-order valence-corrected chi connectivity index (χ4v) is 6.71. The highest BCUT2D eigenvalue weighted by Gasteiger charge is 2.40. The summed E-state index contributed by atoms with van der Waals surface area (Å²) in [7, 11) is 0. The van der Waals surface area contributed by atoms with E-state index >= 15 is 0 Å². The number of guanidine groups is 1. The molecule has 5 amide bonds. The summed E-state index contributed by atoms with van der Waals surface area (Å²) in [5.41, 5.74) is 18.8. The summed E-state index contributed by atoms with van der Waals surface area (Å²) in [4.78, 5) is 98.9. The van der Waals surface area contributed by atoms with Gasteiger partial charge in [0.1, 0.15) is 6.04 Å². The van der Waals surface area contributed by atoms with Crippen LogP contribution in [0, 0.1) is 5.92 Å². The number of nitrogens with two attached hydrogens (primary N) is 3. The molecule has 13 N–H and O–H groups in total. The number of benzene rings is 2. The number of carbonyl (C=O) groups is 8. The zero-order valence-corrected chi connectivity index (χ0v) is 39.0. The Labute approximate surface area is 411 Å². The van der Waals surface area contributed by atoms with Crippen molar-refractivity contribution in [3.8, 4) is 0 Å². The molecule has 1 fully saturated rings. The van der Waals surface area contributed by atoms with Gasteiger partial charge in [-0.3, -0.25) is 44.1 Å². The molecule has 0 aromatic heterocycles. The first-order chi connectivity index (χ1) is 33.9. The van der Waals surface area contributed by atoms with Crippen LogP contribution < -0.4 is 43.4 Å². The van der Waals surface area contributed by atoms with Gasteiger partial charge in [0, 0.05) is 13.5 Å². The predicted octanol–water partition coefficient (Wildman–Crippen LogP) is 3.60. The highest BCUT2D eigenvalue weighted by Crippen LogP contribution is 2.38. The predicted molar refractivity (Wildman–Crippen MR) is 243 cm³/mol. The van der Waals surface area contributed by atoms with E-state index in [2.05, 4.69) is 31.2 Å². The van der Waals surface area contributed by atoms with Crippen LogP contribution >= 0.6 is 0 Å². The van der Waals surface area contributed by atoms with Crippen molar-refractivity contribution in [1.82, 2.24) is 20.9 Å². The number of imide groups is 1. The molecular weight excluding hydrogens is 1000 g/mol. The van der Waals surface area contributed by atoms with Crippen LogP contribution in [0.2, 0.25) is 0 Å². The standard InChI is InChI=1S/C37H54N10O5.3C2HF3O2/c1-25(48)43-36(52)30(13-6-7-19-38)45-35(51)29(14-9-21-42-37(39)40)41-20-8-10-26-17-22-46(23-18-26)24-33(49)47-31-15-4-2-11-27(31)34(50)44-28-12-3-5-16-32(28)47;3*3-2(4,5)1(6)7/h2-5,11-12,15-16,26,29-30,41H,6-10,13-14,17-24,38H2,1H3,(H,44,50)(H,45,51)(H4,39,40,42)(H,43,48,52);3*(H,6,7)/t29-,30-;;;/m0.../s1. The van der Waals surface area contributed by atoms with Crippen molar-refractivity contribution < 1.29 is 93.2 Å². The number of alkyl halides is 9. The minimum Gasteiger partial charge on any atom is -0.475 e. The molecule has 0 bridgehead atoms. The molecular formula is C43H57F9N10O11. The lowest BCUT2D eigenvalue weighted by atomic mass is 9.92. The molecule has 0 unspecified atom stereocenters. The van der Waals surface area contributed by atoms with Crippen LogP contribution in [-0.2, 0) is 33.6 Å². The Bertz CT molecular complexity index is 2150. The Hall–Kier alpha value is -7.08. The van der Waals surface area contributed by atoms with Gasteiger partial charge < -0.3 is 48.5 Å². The zero-order valence-electron chi connectivity index (χ0n) is 39.0. The molecule has 73 heavy (non-hydrogen) atoms. The van der Waals surface area contributed by atoms with Gasteiger partial charge in [-0.2, -0.15) is 39.5 Å². The van der Waals surface area contributed by atoms with Crippen molar-refractivity contribution in [2.45, 2.75) is 95.3 Å². The van der Waals surface area contributed by atoms with E-state index in [1.54, 1.807) is 29.2 Å². The molecule has 2 aliphatic rings. The van der Waals surface area contributed by atoms with Gasteiger partial charge in [0.05, 0.1) is 35.2 Å². The van der Waals surface area contributed by atoms with Crippen molar-refractivity contribution in [2.24, 2.45) is 28.1 Å². The molecule has 1 saturated heterocycles. The first kappa shape index (κ1) is 63.9. The topological polar surface area (TPSA) is 342 Å². The second kappa shape index (κ2) is 30.7. The molecule has 2 heterocycles. The number of rotatable bonds is 18. The molecule has 21 nitrogen and oxygen atoms in total. The molecule has 2 aliphatic heterocycles. The molecule has 0 spiro atoms. The Balaban J connectivity index is 0.00000106. The number of likely N-dealkylation sites (tertiary alicyclic amines) is 1. The second-order valence-electron chi connectivity index (χ2n) is 15.8. The number of hydrogen-bond acceptors (Lipinski definition) is 12. The molecule has 2 aromatic carbocycles. The summed E-state index contributed by atoms with van der Waals surface area (Å²) < 4.78 is 95.2. The number of carboxylic acid groups (broad SMARTS) is 3. The molecule has 0 aliphatic carbocycles. The second-order valence-corrected chi connectivity index (χ2v) is 15.8. The number of para-hydroxylation sites is 3. The van der Waals surface area contributed by atoms with Crippen molar-refractivity contribution in [2.75, 3.05) is 49.5 Å². The van der Waals surface area contributed by atoms with E-state index in [9.17, 15) is 63.5 Å². The van der Waals surface area contributed by atoms with Crippen LogP contribution in [0.1, 0.15) is 75.1 Å². The van der Waals surface area contributed by atoms with Crippen LogP contribution in [0.15, 0.2) is 53.5 Å². The molecule has 408 valence electrons. The van der Waals surface area contributed by atoms with Crippen LogP contribution in [0.4, 0.5) is 56.6 Å². The molecule has 2 atom stereocenters. The summed E-state index contributed by atoms with van der Waals surface area (Å²) in [6, 6.07) is 13.1. The van der Waals surface area contributed by atoms with Gasteiger partial charge in [-0.1, -0.05) is 24.3 Å². The Morgan fingerprint density at radius 3 is 1.75 bits per heavy atom. The average molecular weight is 1060 g/mol. The summed E-state index contributed by atoms with van der Waals surface area (Å²) in [5, 5.41) is 32.8. The van der Waals surface area contributed by atoms with Crippen molar-refractivity contribution in [3.05, 3.63) is 54.1 Å². The summed E-state index contributed by atoms with van der Waals surface area (Å²) >= 11 is 0. The Morgan fingerprint density at radius 2 is 1.25 bits per heavy atom. The summed E-state index contributed by atoms with van der Waals surface area (Å²) in [5.74, 6) is -9.51. The smallest absolute Gasteiger partial charge is 0.475 e. The molecule has 4 rings (SSSR count). The first-order valence-electron chi connectivity index (χ1n) is 22.0. The maximum absolute atomic E-state index is 13.8. The number of halogens is 9. The fourth-order valence-electron chi connectivity index (χ4n) is 6.71. The highest BCUT2D eigenvalue weighted by molar-refractivity contribution is 6.18. The number of piperidine rings is 1.